The minimum Gasteiger partial charge on any atom is -0.382 e. The van der Waals surface area contributed by atoms with Gasteiger partial charge < -0.3 is 15.5 Å². The van der Waals surface area contributed by atoms with Gasteiger partial charge in [-0.25, -0.2) is 9.37 Å². The Morgan fingerprint density at radius 2 is 2.09 bits per heavy atom. The molecular weight excluding hydrogens is 409 g/mol. The van der Waals surface area contributed by atoms with E-state index in [1.54, 1.807) is 31.3 Å². The number of nitrogens with two attached hydrogens (primary N) is 1. The number of rotatable bonds is 0. The van der Waals surface area contributed by atoms with Crippen molar-refractivity contribution in [2.45, 2.75) is 25.4 Å². The number of aryl methyl sites for hydroxylation is 1. The number of aromatic nitrogens is 3. The molecule has 4 heterocycles. The highest BCUT2D eigenvalue weighted by Gasteiger charge is 2.33. The molecule has 8 nitrogen and oxygen atoms in total. The second kappa shape index (κ2) is 7.34. The predicted molar refractivity (Wildman–Crippen MR) is 117 cm³/mol. The summed E-state index contributed by atoms with van der Waals surface area (Å²) in [6.07, 6.45) is 3.26. The Morgan fingerprint density at radius 1 is 1.28 bits per heavy atom. The van der Waals surface area contributed by atoms with Crippen molar-refractivity contribution in [2.24, 2.45) is 7.05 Å². The Balaban J connectivity index is 1.81. The van der Waals surface area contributed by atoms with Gasteiger partial charge in [-0.2, -0.15) is 10.4 Å². The van der Waals surface area contributed by atoms with E-state index in [2.05, 4.69) is 21.1 Å². The zero-order valence-corrected chi connectivity index (χ0v) is 17.8. The number of carbonyl (C=O) groups excluding carboxylic acids is 1. The lowest BCUT2D eigenvalue weighted by Gasteiger charge is -2.30. The maximum atomic E-state index is 14.3. The van der Waals surface area contributed by atoms with Crippen molar-refractivity contribution >= 4 is 17.4 Å². The fourth-order valence-electron chi connectivity index (χ4n) is 4.84. The minimum atomic E-state index is -0.385. The fourth-order valence-corrected chi connectivity index (χ4v) is 4.84. The summed E-state index contributed by atoms with van der Waals surface area (Å²) in [5.74, 6) is -0.260. The van der Waals surface area contributed by atoms with E-state index in [0.29, 0.717) is 51.7 Å². The van der Waals surface area contributed by atoms with Crippen molar-refractivity contribution in [1.82, 2.24) is 19.7 Å². The molecular formula is C23H22FN7O. The molecule has 1 fully saturated rings. The second-order valence-corrected chi connectivity index (χ2v) is 8.28. The molecule has 1 atom stereocenters. The molecule has 2 aliphatic heterocycles. The molecule has 1 aromatic carbocycles. The number of halogens is 1. The number of hydrogen-bond donors (Lipinski definition) is 1. The van der Waals surface area contributed by atoms with Crippen molar-refractivity contribution in [3.63, 3.8) is 0 Å². The van der Waals surface area contributed by atoms with E-state index >= 15 is 0 Å². The van der Waals surface area contributed by atoms with Gasteiger partial charge in [0, 0.05) is 43.5 Å². The molecule has 0 radical (unpaired) electrons. The van der Waals surface area contributed by atoms with Crippen LogP contribution in [0.4, 0.5) is 15.9 Å². The number of benzene rings is 1. The van der Waals surface area contributed by atoms with Crippen LogP contribution in [0.15, 0.2) is 30.5 Å². The van der Waals surface area contributed by atoms with E-state index < -0.39 is 0 Å². The van der Waals surface area contributed by atoms with Crippen molar-refractivity contribution in [3.05, 3.63) is 58.8 Å². The molecule has 9 heteroatoms. The number of pyridine rings is 1. The van der Waals surface area contributed by atoms with E-state index in [1.807, 2.05) is 6.07 Å². The molecule has 0 spiro atoms. The summed E-state index contributed by atoms with van der Waals surface area (Å²) in [5, 5.41) is 14.3. The molecule has 0 aliphatic carbocycles. The topological polar surface area (TPSA) is 104 Å². The standard InChI is InChI=1S/C23H22FN7O/c1-29-12-17-21(20(10-25)30(2)28-17)13-8-19(22(26)27-11-13)31-7-3-4-18(31)16-9-14(24)5-6-15(16)23(29)32/h5-6,8-9,11,18H,3-4,7,12H2,1-2H3,(H2,26,27)/t18-/m1/s1. The van der Waals surface area contributed by atoms with Crippen molar-refractivity contribution in [3.8, 4) is 17.2 Å². The Bertz CT molecular complexity index is 1290. The quantitative estimate of drug-likeness (QED) is 0.587. The molecule has 1 amide bonds. The van der Waals surface area contributed by atoms with Crippen LogP contribution in [0.25, 0.3) is 11.1 Å². The summed E-state index contributed by atoms with van der Waals surface area (Å²) >= 11 is 0. The molecule has 2 aliphatic rings. The number of hydrogen-bond acceptors (Lipinski definition) is 6. The summed E-state index contributed by atoms with van der Waals surface area (Å²) < 4.78 is 15.8. The first-order valence-corrected chi connectivity index (χ1v) is 10.4. The van der Waals surface area contributed by atoms with Gasteiger partial charge in [0.05, 0.1) is 24.0 Å². The van der Waals surface area contributed by atoms with Crippen LogP contribution in [-0.2, 0) is 13.6 Å². The SMILES string of the molecule is CN1Cc2nn(C)c(C#N)c2-c2cnc(N)c(c2)N2CCC[C@@H]2c2cc(F)ccc2C1=O. The average Bonchev–Trinajstić information content (AvgIpc) is 3.37. The van der Waals surface area contributed by atoms with Gasteiger partial charge in [0.2, 0.25) is 0 Å². The first-order chi connectivity index (χ1) is 15.4. The number of anilines is 2. The Kier molecular flexibility index (Phi) is 4.59. The van der Waals surface area contributed by atoms with Gasteiger partial charge in [-0.3, -0.25) is 9.48 Å². The zero-order chi connectivity index (χ0) is 22.6. The maximum absolute atomic E-state index is 14.3. The third-order valence-corrected chi connectivity index (χ3v) is 6.31. The number of amides is 1. The van der Waals surface area contributed by atoms with Crippen LogP contribution in [0, 0.1) is 17.1 Å². The van der Waals surface area contributed by atoms with Crippen LogP contribution in [0.5, 0.6) is 0 Å². The lowest BCUT2D eigenvalue weighted by atomic mass is 9.96. The first-order valence-electron chi connectivity index (χ1n) is 10.4. The van der Waals surface area contributed by atoms with Crippen molar-refractivity contribution in [2.75, 3.05) is 24.2 Å². The highest BCUT2D eigenvalue weighted by molar-refractivity contribution is 5.96. The highest BCUT2D eigenvalue weighted by Crippen LogP contribution is 2.42. The van der Waals surface area contributed by atoms with E-state index in [4.69, 9.17) is 5.73 Å². The smallest absolute Gasteiger partial charge is 0.254 e. The van der Waals surface area contributed by atoms with Gasteiger partial charge in [-0.15, -0.1) is 0 Å². The molecule has 0 saturated carbocycles. The number of nitriles is 1. The number of fused-ring (bicyclic) bond motifs is 8. The number of carbonyl (C=O) groups is 1. The molecule has 2 bridgehead atoms. The molecule has 2 aromatic heterocycles. The number of nitrogens with zero attached hydrogens (tertiary/aromatic N) is 6. The average molecular weight is 431 g/mol. The van der Waals surface area contributed by atoms with Crippen LogP contribution in [0.2, 0.25) is 0 Å². The summed E-state index contributed by atoms with van der Waals surface area (Å²) in [5.41, 5.74) is 10.4. The Morgan fingerprint density at radius 3 is 2.88 bits per heavy atom. The van der Waals surface area contributed by atoms with Gasteiger partial charge in [0.15, 0.2) is 0 Å². The second-order valence-electron chi connectivity index (χ2n) is 8.28. The van der Waals surface area contributed by atoms with E-state index in [9.17, 15) is 14.4 Å². The Hall–Kier alpha value is -3.93. The summed E-state index contributed by atoms with van der Waals surface area (Å²) in [6.45, 7) is 0.888. The zero-order valence-electron chi connectivity index (χ0n) is 17.8. The van der Waals surface area contributed by atoms with Gasteiger partial charge in [0.25, 0.3) is 5.91 Å². The first kappa shape index (κ1) is 20.0. The van der Waals surface area contributed by atoms with E-state index in [0.717, 1.165) is 12.8 Å². The van der Waals surface area contributed by atoms with Gasteiger partial charge in [-0.05, 0) is 42.7 Å². The third-order valence-electron chi connectivity index (χ3n) is 6.31. The van der Waals surface area contributed by atoms with Crippen LogP contribution < -0.4 is 10.6 Å². The summed E-state index contributed by atoms with van der Waals surface area (Å²) in [7, 11) is 3.39. The molecule has 0 unspecified atom stereocenters. The molecule has 1 saturated heterocycles. The normalized spacial score (nSPS) is 17.7. The third kappa shape index (κ3) is 2.99. The van der Waals surface area contributed by atoms with Crippen LogP contribution in [0.3, 0.4) is 0 Å². The molecule has 3 aromatic rings. The summed E-state index contributed by atoms with van der Waals surface area (Å²) in [6, 6.07) is 8.23. The largest absolute Gasteiger partial charge is 0.382 e. The molecule has 5 rings (SSSR count). The minimum absolute atomic E-state index is 0.189. The van der Waals surface area contributed by atoms with E-state index in [-0.39, 0.29) is 24.3 Å². The van der Waals surface area contributed by atoms with Gasteiger partial charge >= 0.3 is 0 Å². The lowest BCUT2D eigenvalue weighted by molar-refractivity contribution is 0.0781. The van der Waals surface area contributed by atoms with E-state index in [1.165, 1.54) is 16.8 Å². The summed E-state index contributed by atoms with van der Waals surface area (Å²) in [4.78, 5) is 21.5. The number of nitrogen functional groups attached to an aromatic ring is 1. The Labute approximate surface area is 184 Å². The molecule has 32 heavy (non-hydrogen) atoms. The van der Waals surface area contributed by atoms with Crippen LogP contribution >= 0.6 is 0 Å². The van der Waals surface area contributed by atoms with Crippen LogP contribution in [-0.4, -0.2) is 39.2 Å². The maximum Gasteiger partial charge on any atom is 0.254 e. The lowest BCUT2D eigenvalue weighted by Crippen LogP contribution is -2.31. The van der Waals surface area contributed by atoms with Gasteiger partial charge in [0.1, 0.15) is 23.4 Å². The fraction of sp³-hybridized carbons (Fsp3) is 0.304. The monoisotopic (exact) mass is 431 g/mol. The molecule has 162 valence electrons. The van der Waals surface area contributed by atoms with Crippen molar-refractivity contribution in [1.29, 1.82) is 5.26 Å². The predicted octanol–water partition coefficient (Wildman–Crippen LogP) is 3.00. The van der Waals surface area contributed by atoms with Crippen LogP contribution in [0.1, 0.15) is 46.2 Å². The van der Waals surface area contributed by atoms with Crippen molar-refractivity contribution < 1.29 is 9.18 Å². The van der Waals surface area contributed by atoms with Gasteiger partial charge in [-0.1, -0.05) is 0 Å². The molecule has 2 N–H and O–H groups in total. The highest BCUT2D eigenvalue weighted by atomic mass is 19.1.